The van der Waals surface area contributed by atoms with Crippen molar-refractivity contribution in [2.24, 2.45) is 0 Å². The van der Waals surface area contributed by atoms with Gasteiger partial charge in [-0.05, 0) is 36.9 Å². The number of thiophene rings is 1. The summed E-state index contributed by atoms with van der Waals surface area (Å²) in [6, 6.07) is 14.7. The third-order valence-corrected chi connectivity index (χ3v) is 4.80. The maximum absolute atomic E-state index is 12.3. The van der Waals surface area contributed by atoms with Gasteiger partial charge in [-0.25, -0.2) is 0 Å². The minimum Gasteiger partial charge on any atom is -0.352 e. The first-order valence-corrected chi connectivity index (χ1v) is 8.48. The van der Waals surface area contributed by atoms with Crippen molar-refractivity contribution < 1.29 is 4.79 Å². The number of nitrogens with zero attached hydrogens (tertiary/aromatic N) is 1. The first-order valence-electron chi connectivity index (χ1n) is 7.60. The first-order chi connectivity index (χ1) is 10.7. The van der Waals surface area contributed by atoms with E-state index in [2.05, 4.69) is 46.5 Å². The van der Waals surface area contributed by atoms with Crippen LogP contribution in [0.4, 0.5) is 0 Å². The summed E-state index contributed by atoms with van der Waals surface area (Å²) in [7, 11) is 0. The highest BCUT2D eigenvalue weighted by atomic mass is 32.1. The van der Waals surface area contributed by atoms with Crippen molar-refractivity contribution in [2.45, 2.75) is 32.9 Å². The van der Waals surface area contributed by atoms with Crippen LogP contribution < -0.4 is 5.32 Å². The molecule has 1 N–H and O–H groups in total. The van der Waals surface area contributed by atoms with Gasteiger partial charge in [-0.1, -0.05) is 31.2 Å². The summed E-state index contributed by atoms with van der Waals surface area (Å²) >= 11 is 1.70. The van der Waals surface area contributed by atoms with Gasteiger partial charge < -0.3 is 9.88 Å². The molecule has 0 saturated carbocycles. The average molecular weight is 312 g/mol. The number of fused-ring (bicyclic) bond motifs is 1. The number of nitrogens with one attached hydrogen (secondary N) is 1. The van der Waals surface area contributed by atoms with Crippen LogP contribution in [0, 0.1) is 0 Å². The Balaban J connectivity index is 1.99. The van der Waals surface area contributed by atoms with Gasteiger partial charge in [-0.2, -0.15) is 0 Å². The van der Waals surface area contributed by atoms with E-state index in [9.17, 15) is 4.79 Å². The lowest BCUT2D eigenvalue weighted by Crippen LogP contribution is -2.34. The zero-order valence-corrected chi connectivity index (χ0v) is 13.7. The fourth-order valence-corrected chi connectivity index (χ4v) is 3.33. The van der Waals surface area contributed by atoms with Gasteiger partial charge in [0.2, 0.25) is 5.91 Å². The zero-order valence-electron chi connectivity index (χ0n) is 12.9. The second kappa shape index (κ2) is 6.36. The molecule has 0 aliphatic carbocycles. The quantitative estimate of drug-likeness (QED) is 0.749. The van der Waals surface area contributed by atoms with Crippen molar-refractivity contribution in [1.29, 1.82) is 0 Å². The minimum atomic E-state index is 0.0634. The number of benzene rings is 1. The average Bonchev–Trinajstić information content (AvgIpc) is 3.15. The molecule has 1 amide bonds. The maximum Gasteiger partial charge on any atom is 0.240 e. The number of hydrogen-bond donors (Lipinski definition) is 1. The van der Waals surface area contributed by atoms with E-state index in [1.807, 2.05) is 25.1 Å². The molecule has 3 nitrogen and oxygen atoms in total. The summed E-state index contributed by atoms with van der Waals surface area (Å²) < 4.78 is 2.11. The van der Waals surface area contributed by atoms with E-state index in [1.54, 1.807) is 11.3 Å². The molecule has 3 rings (SSSR count). The van der Waals surface area contributed by atoms with Gasteiger partial charge >= 0.3 is 0 Å². The van der Waals surface area contributed by atoms with Crippen molar-refractivity contribution in [3.63, 3.8) is 0 Å². The van der Waals surface area contributed by atoms with Gasteiger partial charge in [0, 0.05) is 16.9 Å². The summed E-state index contributed by atoms with van der Waals surface area (Å²) in [6.07, 6.45) is 0.940. The van der Waals surface area contributed by atoms with E-state index >= 15 is 0 Å². The molecule has 1 aromatic carbocycles. The van der Waals surface area contributed by atoms with Gasteiger partial charge in [0.05, 0.1) is 10.6 Å². The largest absolute Gasteiger partial charge is 0.352 e. The van der Waals surface area contributed by atoms with Crippen LogP contribution >= 0.6 is 11.3 Å². The molecule has 0 bridgehead atoms. The summed E-state index contributed by atoms with van der Waals surface area (Å²) in [6.45, 7) is 4.46. The molecule has 3 aromatic rings. The Hall–Kier alpha value is -2.07. The van der Waals surface area contributed by atoms with Gasteiger partial charge in [0.15, 0.2) is 0 Å². The fraction of sp³-hybridized carbons (Fsp3) is 0.278. The highest BCUT2D eigenvalue weighted by molar-refractivity contribution is 7.13. The zero-order chi connectivity index (χ0) is 15.5. The molecule has 1 atom stereocenters. The number of carbonyl (C=O) groups is 1. The number of aromatic nitrogens is 1. The smallest absolute Gasteiger partial charge is 0.240 e. The van der Waals surface area contributed by atoms with E-state index < -0.39 is 0 Å². The van der Waals surface area contributed by atoms with Crippen molar-refractivity contribution in [3.05, 3.63) is 47.8 Å². The number of hydrogen-bond acceptors (Lipinski definition) is 2. The highest BCUT2D eigenvalue weighted by Crippen LogP contribution is 2.31. The number of amides is 1. The van der Waals surface area contributed by atoms with E-state index in [0.717, 1.165) is 17.6 Å². The van der Waals surface area contributed by atoms with Crippen LogP contribution in [0.1, 0.15) is 20.3 Å². The summed E-state index contributed by atoms with van der Waals surface area (Å²) in [4.78, 5) is 13.5. The van der Waals surface area contributed by atoms with Crippen LogP contribution in [0.2, 0.25) is 0 Å². The normalized spacial score (nSPS) is 12.5. The standard InChI is InChI=1S/C18H20N2OS/c1-3-13(2)19-18(21)12-20-15-8-5-4-7-14(15)11-16(20)17-9-6-10-22-17/h4-11,13H,3,12H2,1-2H3,(H,19,21)/t13-/m0/s1. The van der Waals surface area contributed by atoms with Crippen LogP contribution in [0.5, 0.6) is 0 Å². The van der Waals surface area contributed by atoms with Crippen LogP contribution in [0.15, 0.2) is 47.8 Å². The van der Waals surface area contributed by atoms with Gasteiger partial charge in [0.1, 0.15) is 6.54 Å². The lowest BCUT2D eigenvalue weighted by Gasteiger charge is -2.14. The molecule has 4 heteroatoms. The molecule has 0 saturated heterocycles. The molecule has 0 fully saturated rings. The molecule has 0 aliphatic heterocycles. The molecule has 2 heterocycles. The molecule has 0 unspecified atom stereocenters. The number of para-hydroxylation sites is 1. The third-order valence-electron chi connectivity index (χ3n) is 3.91. The summed E-state index contributed by atoms with van der Waals surface area (Å²) in [5.41, 5.74) is 2.21. The maximum atomic E-state index is 12.3. The Morgan fingerprint density at radius 1 is 1.27 bits per heavy atom. The highest BCUT2D eigenvalue weighted by Gasteiger charge is 2.14. The third kappa shape index (κ3) is 2.92. The molecule has 2 aromatic heterocycles. The Morgan fingerprint density at radius 2 is 2.09 bits per heavy atom. The van der Waals surface area contributed by atoms with E-state index in [0.29, 0.717) is 6.54 Å². The van der Waals surface area contributed by atoms with Gasteiger partial charge in [0.25, 0.3) is 0 Å². The number of rotatable bonds is 5. The van der Waals surface area contributed by atoms with Crippen LogP contribution in [0.3, 0.4) is 0 Å². The van der Waals surface area contributed by atoms with E-state index in [1.165, 1.54) is 10.3 Å². The van der Waals surface area contributed by atoms with E-state index in [4.69, 9.17) is 0 Å². The minimum absolute atomic E-state index is 0.0634. The first kappa shape index (κ1) is 14.9. The van der Waals surface area contributed by atoms with Gasteiger partial charge in [-0.15, -0.1) is 11.3 Å². The molecular weight excluding hydrogens is 292 g/mol. The SMILES string of the molecule is CC[C@H](C)NC(=O)Cn1c(-c2cccs2)cc2ccccc21. The Labute approximate surface area is 134 Å². The van der Waals surface area contributed by atoms with Crippen molar-refractivity contribution >= 4 is 28.1 Å². The predicted octanol–water partition coefficient (Wildman–Crippen LogP) is 4.28. The molecule has 114 valence electrons. The Morgan fingerprint density at radius 3 is 2.82 bits per heavy atom. The topological polar surface area (TPSA) is 34.0 Å². The monoisotopic (exact) mass is 312 g/mol. The second-order valence-corrected chi connectivity index (χ2v) is 6.48. The summed E-state index contributed by atoms with van der Waals surface area (Å²) in [5, 5.41) is 6.28. The van der Waals surface area contributed by atoms with E-state index in [-0.39, 0.29) is 11.9 Å². The van der Waals surface area contributed by atoms with Crippen LogP contribution in [-0.4, -0.2) is 16.5 Å². The van der Waals surface area contributed by atoms with Crippen LogP contribution in [-0.2, 0) is 11.3 Å². The van der Waals surface area contributed by atoms with Crippen molar-refractivity contribution in [2.75, 3.05) is 0 Å². The lowest BCUT2D eigenvalue weighted by atomic mass is 10.2. The predicted molar refractivity (Wildman–Crippen MR) is 93.1 cm³/mol. The molecular formula is C18H20N2OS. The summed E-state index contributed by atoms with van der Waals surface area (Å²) in [5.74, 6) is 0.0634. The fourth-order valence-electron chi connectivity index (χ4n) is 2.58. The van der Waals surface area contributed by atoms with Crippen LogP contribution in [0.25, 0.3) is 21.5 Å². The van der Waals surface area contributed by atoms with Crippen molar-refractivity contribution in [1.82, 2.24) is 9.88 Å². The molecule has 0 radical (unpaired) electrons. The molecule has 22 heavy (non-hydrogen) atoms. The van der Waals surface area contributed by atoms with Crippen molar-refractivity contribution in [3.8, 4) is 10.6 Å². The Kier molecular flexibility index (Phi) is 4.29. The second-order valence-electron chi connectivity index (χ2n) is 5.53. The Bertz CT molecular complexity index is 774. The lowest BCUT2D eigenvalue weighted by molar-refractivity contribution is -0.122. The number of carbonyl (C=O) groups excluding carboxylic acids is 1. The molecule has 0 spiro atoms. The molecule has 0 aliphatic rings. The van der Waals surface area contributed by atoms with Gasteiger partial charge in [-0.3, -0.25) is 4.79 Å².